The minimum absolute atomic E-state index is 0.0787. The third kappa shape index (κ3) is 4.24. The van der Waals surface area contributed by atoms with Gasteiger partial charge in [-0.2, -0.15) is 0 Å². The number of halogens is 1. The Bertz CT molecular complexity index is 1000. The fourth-order valence-corrected chi connectivity index (χ4v) is 4.21. The maximum Gasteiger partial charge on any atom is 0.217 e. The fourth-order valence-electron chi connectivity index (χ4n) is 3.40. The van der Waals surface area contributed by atoms with Crippen molar-refractivity contribution < 1.29 is 9.18 Å². The van der Waals surface area contributed by atoms with E-state index >= 15 is 0 Å². The van der Waals surface area contributed by atoms with E-state index in [2.05, 4.69) is 30.8 Å². The zero-order chi connectivity index (χ0) is 20.3. The fraction of sp³-hybridized carbons (Fsp3) is 0.350. The number of carbonyl (C=O) groups is 1. The third-order valence-corrected chi connectivity index (χ3v) is 6.15. The molecule has 1 saturated carbocycles. The summed E-state index contributed by atoms with van der Waals surface area (Å²) >= 11 is 1.46. The molecule has 1 fully saturated rings. The molecule has 1 amide bonds. The molecular formula is C20H21FN6OS. The molecule has 0 atom stereocenters. The van der Waals surface area contributed by atoms with Gasteiger partial charge in [0.2, 0.25) is 5.91 Å². The maximum atomic E-state index is 14.2. The van der Waals surface area contributed by atoms with Gasteiger partial charge in [0.15, 0.2) is 0 Å². The first-order valence-electron chi connectivity index (χ1n) is 9.44. The van der Waals surface area contributed by atoms with Crippen LogP contribution in [0, 0.1) is 5.82 Å². The molecule has 0 radical (unpaired) electrons. The van der Waals surface area contributed by atoms with Crippen molar-refractivity contribution in [2.75, 3.05) is 11.9 Å². The van der Waals surface area contributed by atoms with E-state index in [-0.39, 0.29) is 17.1 Å². The first-order chi connectivity index (χ1) is 14.1. The van der Waals surface area contributed by atoms with Crippen LogP contribution in [0.5, 0.6) is 0 Å². The average Bonchev–Trinajstić information content (AvgIpc) is 3.16. The van der Waals surface area contributed by atoms with Crippen LogP contribution >= 0.6 is 11.3 Å². The van der Waals surface area contributed by atoms with Gasteiger partial charge in [-0.25, -0.2) is 9.37 Å². The smallest absolute Gasteiger partial charge is 0.217 e. The highest BCUT2D eigenvalue weighted by molar-refractivity contribution is 7.15. The molecule has 4 rings (SSSR count). The Labute approximate surface area is 171 Å². The number of anilines is 1. The van der Waals surface area contributed by atoms with Crippen LogP contribution in [0.3, 0.4) is 0 Å². The van der Waals surface area contributed by atoms with Crippen molar-refractivity contribution in [1.29, 1.82) is 0 Å². The first-order valence-corrected chi connectivity index (χ1v) is 10.3. The van der Waals surface area contributed by atoms with Gasteiger partial charge in [-0.05, 0) is 37.1 Å². The minimum Gasteiger partial charge on any atom is -0.368 e. The molecular weight excluding hydrogens is 391 g/mol. The average molecular weight is 412 g/mol. The van der Waals surface area contributed by atoms with E-state index in [1.807, 2.05) is 12.1 Å². The van der Waals surface area contributed by atoms with Crippen LogP contribution in [0.2, 0.25) is 0 Å². The second-order valence-electron chi connectivity index (χ2n) is 7.17. The van der Waals surface area contributed by atoms with E-state index in [0.29, 0.717) is 30.3 Å². The Kier molecular flexibility index (Phi) is 5.48. The van der Waals surface area contributed by atoms with Crippen molar-refractivity contribution >= 4 is 23.1 Å². The Balaban J connectivity index is 1.41. The summed E-state index contributed by atoms with van der Waals surface area (Å²) in [5.74, 6) is 0.297. The van der Waals surface area contributed by atoms with Crippen LogP contribution in [0.25, 0.3) is 10.7 Å². The van der Waals surface area contributed by atoms with Gasteiger partial charge in [-0.15, -0.1) is 21.5 Å². The van der Waals surface area contributed by atoms with Crippen LogP contribution in [0.1, 0.15) is 36.8 Å². The number of hydrogen-bond donors (Lipinski definition) is 2. The SMILES string of the molecule is CC(=O)NCc1cnc(-c2ccc(NCC3(c4ncccc4F)CCC3)nn2)s1. The highest BCUT2D eigenvalue weighted by Gasteiger charge is 2.41. The van der Waals surface area contributed by atoms with E-state index in [4.69, 9.17) is 0 Å². The number of nitrogens with zero attached hydrogens (tertiary/aromatic N) is 4. The molecule has 1 aliphatic carbocycles. The summed E-state index contributed by atoms with van der Waals surface area (Å²) < 4.78 is 14.2. The van der Waals surface area contributed by atoms with Crippen molar-refractivity contribution in [2.24, 2.45) is 0 Å². The van der Waals surface area contributed by atoms with E-state index in [1.54, 1.807) is 18.5 Å². The normalized spacial score (nSPS) is 14.8. The molecule has 1 aliphatic rings. The predicted octanol–water partition coefficient (Wildman–Crippen LogP) is 3.30. The Hall–Kier alpha value is -2.94. The van der Waals surface area contributed by atoms with Gasteiger partial charge in [0, 0.05) is 36.2 Å². The van der Waals surface area contributed by atoms with E-state index < -0.39 is 0 Å². The standard InChI is InChI=1S/C20H21FN6OS/c1-13(28)23-10-14-11-24-19(29-14)16-5-6-17(27-26-16)25-12-20(7-3-8-20)18-15(21)4-2-9-22-18/h2,4-6,9,11H,3,7-8,10,12H2,1H3,(H,23,28)(H,25,27). The topological polar surface area (TPSA) is 92.7 Å². The van der Waals surface area contributed by atoms with Gasteiger partial charge >= 0.3 is 0 Å². The number of nitrogens with one attached hydrogen (secondary N) is 2. The third-order valence-electron chi connectivity index (χ3n) is 5.13. The lowest BCUT2D eigenvalue weighted by Gasteiger charge is -2.41. The number of pyridine rings is 1. The van der Waals surface area contributed by atoms with Gasteiger partial charge < -0.3 is 10.6 Å². The molecule has 0 aromatic carbocycles. The Morgan fingerprint density at radius 2 is 2.10 bits per heavy atom. The molecule has 9 heteroatoms. The number of amides is 1. The summed E-state index contributed by atoms with van der Waals surface area (Å²) in [6.45, 7) is 2.49. The Morgan fingerprint density at radius 3 is 2.76 bits per heavy atom. The van der Waals surface area contributed by atoms with Crippen molar-refractivity contribution in [3.63, 3.8) is 0 Å². The van der Waals surface area contributed by atoms with Crippen LogP contribution in [0.4, 0.5) is 10.2 Å². The summed E-state index contributed by atoms with van der Waals surface area (Å²) in [6.07, 6.45) is 6.23. The summed E-state index contributed by atoms with van der Waals surface area (Å²) in [5.41, 5.74) is 0.904. The van der Waals surface area contributed by atoms with E-state index in [9.17, 15) is 9.18 Å². The first kappa shape index (κ1) is 19.4. The molecule has 3 aromatic heterocycles. The largest absolute Gasteiger partial charge is 0.368 e. The van der Waals surface area contributed by atoms with Crippen molar-refractivity contribution in [3.05, 3.63) is 53.0 Å². The number of aromatic nitrogens is 4. The molecule has 0 spiro atoms. The van der Waals surface area contributed by atoms with Gasteiger partial charge in [-0.1, -0.05) is 6.42 Å². The summed E-state index contributed by atoms with van der Waals surface area (Å²) in [6, 6.07) is 6.78. The van der Waals surface area contributed by atoms with Gasteiger partial charge in [-0.3, -0.25) is 9.78 Å². The summed E-state index contributed by atoms with van der Waals surface area (Å²) in [4.78, 5) is 20.6. The molecule has 0 bridgehead atoms. The quantitative estimate of drug-likeness (QED) is 0.619. The lowest BCUT2D eigenvalue weighted by atomic mass is 9.66. The lowest BCUT2D eigenvalue weighted by molar-refractivity contribution is -0.119. The summed E-state index contributed by atoms with van der Waals surface area (Å²) in [7, 11) is 0. The second kappa shape index (κ2) is 8.20. The highest BCUT2D eigenvalue weighted by Crippen LogP contribution is 2.43. The van der Waals surface area contributed by atoms with Crippen LogP contribution in [-0.4, -0.2) is 32.6 Å². The zero-order valence-corrected chi connectivity index (χ0v) is 16.8. The molecule has 2 N–H and O–H groups in total. The van der Waals surface area contributed by atoms with Crippen molar-refractivity contribution in [3.8, 4) is 10.7 Å². The number of carbonyl (C=O) groups excluding carboxylic acids is 1. The number of thiazole rings is 1. The predicted molar refractivity (Wildman–Crippen MR) is 109 cm³/mol. The van der Waals surface area contributed by atoms with Crippen LogP contribution in [-0.2, 0) is 16.8 Å². The Morgan fingerprint density at radius 1 is 1.24 bits per heavy atom. The summed E-state index contributed by atoms with van der Waals surface area (Å²) in [5, 5.41) is 15.3. The molecule has 3 aromatic rings. The number of hydrogen-bond acceptors (Lipinski definition) is 7. The maximum absolute atomic E-state index is 14.2. The minimum atomic E-state index is -0.292. The number of rotatable bonds is 7. The lowest BCUT2D eigenvalue weighted by Crippen LogP contribution is -2.42. The van der Waals surface area contributed by atoms with Gasteiger partial charge in [0.05, 0.1) is 12.2 Å². The molecule has 150 valence electrons. The van der Waals surface area contributed by atoms with E-state index in [1.165, 1.54) is 24.3 Å². The molecule has 0 saturated heterocycles. The van der Waals surface area contributed by atoms with E-state index in [0.717, 1.165) is 29.1 Å². The van der Waals surface area contributed by atoms with Gasteiger partial charge in [0.1, 0.15) is 22.3 Å². The molecule has 3 heterocycles. The van der Waals surface area contributed by atoms with Crippen molar-refractivity contribution in [1.82, 2.24) is 25.5 Å². The molecule has 0 aliphatic heterocycles. The second-order valence-corrected chi connectivity index (χ2v) is 8.28. The van der Waals surface area contributed by atoms with Gasteiger partial charge in [0.25, 0.3) is 0 Å². The molecule has 29 heavy (non-hydrogen) atoms. The van der Waals surface area contributed by atoms with Crippen LogP contribution < -0.4 is 10.6 Å². The zero-order valence-electron chi connectivity index (χ0n) is 16.0. The molecule has 7 nitrogen and oxygen atoms in total. The van der Waals surface area contributed by atoms with Crippen molar-refractivity contribution in [2.45, 2.75) is 38.1 Å². The monoisotopic (exact) mass is 412 g/mol. The van der Waals surface area contributed by atoms with Crippen LogP contribution in [0.15, 0.2) is 36.7 Å². The molecule has 0 unspecified atom stereocenters. The highest BCUT2D eigenvalue weighted by atomic mass is 32.1.